The first-order valence-electron chi connectivity index (χ1n) is 13.1. The molecule has 13 heteroatoms. The lowest BCUT2D eigenvalue weighted by Gasteiger charge is -2.26. The largest absolute Gasteiger partial charge is 0.489 e. The minimum absolute atomic E-state index is 0.0490. The van der Waals surface area contributed by atoms with Crippen LogP contribution in [0.1, 0.15) is 50.6 Å². The summed E-state index contributed by atoms with van der Waals surface area (Å²) in [4.78, 5) is 25.4. The molecule has 1 heterocycles. The number of anilines is 1. The zero-order chi connectivity index (χ0) is 30.3. The molecule has 0 radical (unpaired) electrons. The van der Waals surface area contributed by atoms with E-state index < -0.39 is 34.8 Å². The first-order valence-corrected chi connectivity index (χ1v) is 14.9. The number of esters is 1. The number of sulfonamides is 1. The molecule has 1 fully saturated rings. The van der Waals surface area contributed by atoms with Crippen LogP contribution in [-0.4, -0.2) is 57.9 Å². The number of nitrogens with zero attached hydrogens (tertiary/aromatic N) is 1. The third-order valence-electron chi connectivity index (χ3n) is 7.21. The summed E-state index contributed by atoms with van der Waals surface area (Å²) in [5.41, 5.74) is 2.24. The lowest BCUT2D eigenvalue weighted by molar-refractivity contribution is 0.0601. The van der Waals surface area contributed by atoms with Gasteiger partial charge in [0, 0.05) is 24.1 Å². The summed E-state index contributed by atoms with van der Waals surface area (Å²) in [6, 6.07) is 13.0. The molecule has 0 bridgehead atoms. The van der Waals surface area contributed by atoms with Gasteiger partial charge in [-0.2, -0.15) is 0 Å². The summed E-state index contributed by atoms with van der Waals surface area (Å²) in [5.74, 6) is -1.40. The summed E-state index contributed by atoms with van der Waals surface area (Å²) in [6.45, 7) is -0.191. The van der Waals surface area contributed by atoms with Crippen molar-refractivity contribution in [1.82, 2.24) is 5.32 Å². The molecular formula is C29H28BFN2O8S. The molecule has 1 aliphatic carbocycles. The number of hydrogen-bond donors (Lipinski definition) is 3. The molecule has 0 saturated heterocycles. The minimum atomic E-state index is -3.90. The van der Waals surface area contributed by atoms with Crippen molar-refractivity contribution in [3.05, 3.63) is 82.7 Å². The Hall–Kier alpha value is -4.20. The third kappa shape index (κ3) is 5.63. The van der Waals surface area contributed by atoms with E-state index in [1.165, 1.54) is 53.8 Å². The maximum atomic E-state index is 13.6. The standard InChI is InChI=1S/C29H28BFN2O8S/c1-32-28(34)26-22-13-20(17-5-6-17)24(14-25(22)41-27(26)18-7-9-19(31)10-8-18)33(42(3,38)39)15-16-4-11-23(30(36)37)21(12-16)29(35)40-2/h4,7-14,17,36-37H,5-6,15H2,1-3H3,(H,32,34). The summed E-state index contributed by atoms with van der Waals surface area (Å²) >= 11 is 0. The number of halogens is 1. The van der Waals surface area contributed by atoms with Crippen LogP contribution in [0.4, 0.5) is 10.1 Å². The van der Waals surface area contributed by atoms with Gasteiger partial charge in [0.1, 0.15) is 17.2 Å². The van der Waals surface area contributed by atoms with Crippen LogP contribution in [0.5, 0.6) is 0 Å². The lowest BCUT2D eigenvalue weighted by Crippen LogP contribution is -2.36. The van der Waals surface area contributed by atoms with E-state index >= 15 is 0 Å². The first-order chi connectivity index (χ1) is 19.9. The second-order valence-electron chi connectivity index (χ2n) is 10.1. The Balaban J connectivity index is 1.69. The van der Waals surface area contributed by atoms with Crippen molar-refractivity contribution in [3.63, 3.8) is 0 Å². The van der Waals surface area contributed by atoms with Gasteiger partial charge in [-0.25, -0.2) is 17.6 Å². The highest BCUT2D eigenvalue weighted by molar-refractivity contribution is 7.92. The van der Waals surface area contributed by atoms with Gasteiger partial charge in [-0.3, -0.25) is 9.10 Å². The smallest absolute Gasteiger partial charge is 0.465 e. The highest BCUT2D eigenvalue weighted by Crippen LogP contribution is 2.48. The highest BCUT2D eigenvalue weighted by atomic mass is 32.2. The summed E-state index contributed by atoms with van der Waals surface area (Å²) in [7, 11) is -3.20. The summed E-state index contributed by atoms with van der Waals surface area (Å²) in [6.07, 6.45) is 2.70. The quantitative estimate of drug-likeness (QED) is 0.198. The molecular weight excluding hydrogens is 566 g/mol. The average Bonchev–Trinajstić information content (AvgIpc) is 3.74. The molecule has 0 aliphatic heterocycles. The third-order valence-corrected chi connectivity index (χ3v) is 8.34. The van der Waals surface area contributed by atoms with Gasteiger partial charge >= 0.3 is 13.1 Å². The van der Waals surface area contributed by atoms with E-state index in [0.29, 0.717) is 27.8 Å². The molecule has 1 saturated carbocycles. The summed E-state index contributed by atoms with van der Waals surface area (Å²) in [5, 5.41) is 22.5. The Labute approximate surface area is 241 Å². The fourth-order valence-corrected chi connectivity index (χ4v) is 5.90. The number of ether oxygens (including phenoxy) is 1. The molecule has 0 spiro atoms. The first kappa shape index (κ1) is 29.3. The van der Waals surface area contributed by atoms with E-state index in [2.05, 4.69) is 5.32 Å². The maximum absolute atomic E-state index is 13.6. The molecule has 0 atom stereocenters. The molecule has 42 heavy (non-hydrogen) atoms. The molecule has 1 aromatic heterocycles. The fourth-order valence-electron chi connectivity index (χ4n) is 5.00. The molecule has 0 unspecified atom stereocenters. The second kappa shape index (κ2) is 11.2. The van der Waals surface area contributed by atoms with E-state index in [-0.39, 0.29) is 40.4 Å². The fraction of sp³-hybridized carbons (Fsp3) is 0.241. The van der Waals surface area contributed by atoms with Crippen molar-refractivity contribution < 1.29 is 41.6 Å². The van der Waals surface area contributed by atoms with Gasteiger partial charge in [0.05, 0.1) is 36.7 Å². The normalized spacial score (nSPS) is 13.2. The van der Waals surface area contributed by atoms with Crippen LogP contribution in [0.25, 0.3) is 22.3 Å². The number of carbonyl (C=O) groups is 2. The van der Waals surface area contributed by atoms with E-state index in [1.54, 1.807) is 12.1 Å². The number of amides is 1. The van der Waals surface area contributed by atoms with Gasteiger partial charge in [0.25, 0.3) is 5.91 Å². The van der Waals surface area contributed by atoms with E-state index in [0.717, 1.165) is 26.2 Å². The van der Waals surface area contributed by atoms with Crippen LogP contribution < -0.4 is 15.1 Å². The molecule has 4 aromatic rings. The van der Waals surface area contributed by atoms with Gasteiger partial charge in [0.2, 0.25) is 10.0 Å². The van der Waals surface area contributed by atoms with Crippen molar-refractivity contribution in [2.24, 2.45) is 0 Å². The van der Waals surface area contributed by atoms with Crippen LogP contribution in [0.3, 0.4) is 0 Å². The molecule has 5 rings (SSSR count). The Kier molecular flexibility index (Phi) is 7.84. The lowest BCUT2D eigenvalue weighted by atomic mass is 9.76. The topological polar surface area (TPSA) is 146 Å². The molecule has 1 amide bonds. The van der Waals surface area contributed by atoms with Gasteiger partial charge in [-0.05, 0) is 71.7 Å². The van der Waals surface area contributed by atoms with Gasteiger partial charge < -0.3 is 24.5 Å². The predicted molar refractivity (Wildman–Crippen MR) is 156 cm³/mol. The van der Waals surface area contributed by atoms with Crippen molar-refractivity contribution in [2.45, 2.75) is 25.3 Å². The van der Waals surface area contributed by atoms with Gasteiger partial charge in [0.15, 0.2) is 0 Å². The van der Waals surface area contributed by atoms with Crippen LogP contribution in [0.15, 0.2) is 59.0 Å². The number of furan rings is 1. The molecule has 3 aromatic carbocycles. The van der Waals surface area contributed by atoms with E-state index in [9.17, 15) is 32.4 Å². The van der Waals surface area contributed by atoms with Gasteiger partial charge in [-0.15, -0.1) is 0 Å². The number of nitrogens with one attached hydrogen (secondary N) is 1. The predicted octanol–water partition coefficient (Wildman–Crippen LogP) is 2.91. The molecule has 3 N–H and O–H groups in total. The zero-order valence-electron chi connectivity index (χ0n) is 23.0. The number of methoxy groups -OCH3 is 1. The Morgan fingerprint density at radius 1 is 1.12 bits per heavy atom. The number of carbonyl (C=O) groups excluding carboxylic acids is 2. The van der Waals surface area contributed by atoms with Crippen LogP contribution in [0.2, 0.25) is 0 Å². The van der Waals surface area contributed by atoms with Crippen molar-refractivity contribution in [2.75, 3.05) is 24.7 Å². The Bertz CT molecular complexity index is 1800. The van der Waals surface area contributed by atoms with E-state index in [1.807, 2.05) is 0 Å². The number of benzene rings is 3. The Morgan fingerprint density at radius 2 is 1.81 bits per heavy atom. The van der Waals surface area contributed by atoms with Gasteiger partial charge in [-0.1, -0.05) is 12.1 Å². The van der Waals surface area contributed by atoms with Crippen LogP contribution >= 0.6 is 0 Å². The highest BCUT2D eigenvalue weighted by Gasteiger charge is 2.33. The van der Waals surface area contributed by atoms with Crippen LogP contribution in [-0.2, 0) is 21.3 Å². The summed E-state index contributed by atoms with van der Waals surface area (Å²) < 4.78 is 52.2. The van der Waals surface area contributed by atoms with Crippen molar-refractivity contribution in [1.29, 1.82) is 0 Å². The van der Waals surface area contributed by atoms with Crippen molar-refractivity contribution in [3.8, 4) is 11.3 Å². The average molecular weight is 594 g/mol. The maximum Gasteiger partial charge on any atom is 0.489 e. The molecule has 218 valence electrons. The SMILES string of the molecule is CNC(=O)c1c(-c2ccc(F)cc2)oc2cc(N(Cc3ccc(B(O)O)c(C(=O)OC)c3)S(C)(=O)=O)c(C3CC3)cc12. The Morgan fingerprint density at radius 3 is 2.38 bits per heavy atom. The monoisotopic (exact) mass is 594 g/mol. The van der Waals surface area contributed by atoms with E-state index in [4.69, 9.17) is 9.15 Å². The van der Waals surface area contributed by atoms with Crippen molar-refractivity contribution >= 4 is 51.1 Å². The number of hydrogen-bond acceptors (Lipinski definition) is 8. The second-order valence-corrected chi connectivity index (χ2v) is 12.0. The van der Waals surface area contributed by atoms with Crippen LogP contribution in [0, 0.1) is 5.82 Å². The number of rotatable bonds is 9. The zero-order valence-corrected chi connectivity index (χ0v) is 23.9. The number of fused-ring (bicyclic) bond motifs is 1. The molecule has 10 nitrogen and oxygen atoms in total. The molecule has 1 aliphatic rings. The minimum Gasteiger partial charge on any atom is -0.465 e.